The van der Waals surface area contributed by atoms with Gasteiger partial charge < -0.3 is 40.3 Å². The van der Waals surface area contributed by atoms with Gasteiger partial charge in [-0.05, 0) is 37.3 Å². The third-order valence-electron chi connectivity index (χ3n) is 4.86. The average Bonchev–Trinajstić information content (AvgIpc) is 3.57. The van der Waals surface area contributed by atoms with E-state index in [2.05, 4.69) is 59.5 Å². The summed E-state index contributed by atoms with van der Waals surface area (Å²) in [6.45, 7) is 2.43. The van der Waals surface area contributed by atoms with Gasteiger partial charge in [-0.1, -0.05) is 128 Å². The monoisotopic (exact) mass is 1060 g/mol. The predicted octanol–water partition coefficient (Wildman–Crippen LogP) is 10.7. The van der Waals surface area contributed by atoms with Gasteiger partial charge in [0.1, 0.15) is 31.2 Å². The molecular weight excluding hydrogens is 1050 g/mol. The number of aromatic amines is 1. The number of aromatic nitrogens is 6. The Hall–Kier alpha value is 0.736. The van der Waals surface area contributed by atoms with E-state index in [1.54, 1.807) is 12.1 Å². The normalized spacial score (nSPS) is 9.89. The quantitative estimate of drug-likeness (QED) is 0.0423. The van der Waals surface area contributed by atoms with Crippen LogP contribution in [0.3, 0.4) is 0 Å². The fraction of sp³-hybridized carbons (Fsp3) is 0.0800. The molecule has 278 valence electrons. The van der Waals surface area contributed by atoms with Crippen molar-refractivity contribution in [1.29, 1.82) is 0 Å². The number of pyridine rings is 4. The minimum absolute atomic E-state index is 0. The maximum atomic E-state index is 10.3. The van der Waals surface area contributed by atoms with Crippen LogP contribution in [0.4, 0.5) is 11.4 Å². The van der Waals surface area contributed by atoms with E-state index in [9.17, 15) is 10.1 Å². The SMILES string of the molecule is CCOC(=S)[S-].Clc1cc2sc(Cl)nc2c(Cl)n1.Nc1c(Cl)cc(Cl)nc1Cl.O=[N+]([O-])c1c(Cl)cc(Cl)nc1Cl.S=c1[nH]c2c(Cl)nc(Cl)cc2s1.[K+]. The van der Waals surface area contributed by atoms with E-state index in [0.717, 1.165) is 21.0 Å². The number of nitrogens with one attached hydrogen (secondary N) is 1. The van der Waals surface area contributed by atoms with Gasteiger partial charge in [-0.2, -0.15) is 0 Å². The van der Waals surface area contributed by atoms with Crippen molar-refractivity contribution in [2.24, 2.45) is 0 Å². The van der Waals surface area contributed by atoms with Gasteiger partial charge in [0.05, 0.1) is 37.2 Å². The summed E-state index contributed by atoms with van der Waals surface area (Å²) in [6.07, 6.45) is 0. The molecule has 0 amide bonds. The fourth-order valence-corrected chi connectivity index (χ4v) is 8.14. The van der Waals surface area contributed by atoms with E-state index in [1.165, 1.54) is 28.7 Å². The molecule has 0 radical (unpaired) electrons. The van der Waals surface area contributed by atoms with E-state index < -0.39 is 10.6 Å². The number of hydrogen-bond acceptors (Lipinski definition) is 14. The van der Waals surface area contributed by atoms with Gasteiger partial charge in [0.15, 0.2) is 23.9 Å². The number of nitrogens with zero attached hydrogens (tertiary/aromatic N) is 6. The molecule has 0 unspecified atom stereocenters. The molecule has 0 fully saturated rings. The van der Waals surface area contributed by atoms with Crippen LogP contribution in [0.5, 0.6) is 0 Å². The van der Waals surface area contributed by atoms with Crippen LogP contribution < -0.4 is 57.1 Å². The van der Waals surface area contributed by atoms with Gasteiger partial charge in [-0.3, -0.25) is 10.1 Å². The number of thiocarbonyl (C=S) groups is 1. The Morgan fingerprint density at radius 2 is 1.30 bits per heavy atom. The smallest absolute Gasteiger partial charge is 0.514 e. The third-order valence-corrected chi connectivity index (χ3v) is 9.85. The van der Waals surface area contributed by atoms with Crippen LogP contribution >= 0.6 is 175 Å². The fourth-order valence-electron chi connectivity index (χ4n) is 2.92. The molecule has 0 saturated heterocycles. The minimum atomic E-state index is -0.714. The standard InChI is InChI=1S/C6HCl3N2S.C6H2Cl2N2S2.C5HCl3N2O2.C5H3Cl3N2.C3H6OS2.K/c7-3-1-2-4(5(8)10-3)11-6(9)12-2;7-3-1-2-4(5(8)9-3)10-6(11)12-2;6-2-1-3(7)9-5(8)4(2)10(11)12;6-2-1-3(7)10-5(8)4(2)9;1-2-4-3(5)6;/h1H;1H,(H,10,11);1H;1H,9H2;2H2,1H3,(H,5,6);/q;;;;;+1/p-1. The third kappa shape index (κ3) is 17.6. The topological polar surface area (TPSA) is 159 Å². The van der Waals surface area contributed by atoms with Gasteiger partial charge in [0.2, 0.25) is 5.15 Å². The first kappa shape index (κ1) is 51.8. The van der Waals surface area contributed by atoms with Crippen LogP contribution in [-0.2, 0) is 17.4 Å². The molecule has 6 rings (SSSR count). The maximum Gasteiger partial charge on any atom is 1.00 e. The predicted molar refractivity (Wildman–Crippen MR) is 228 cm³/mol. The van der Waals surface area contributed by atoms with Gasteiger partial charge >= 0.3 is 57.1 Å². The molecule has 0 atom stereocenters. The molecule has 0 bridgehead atoms. The summed E-state index contributed by atoms with van der Waals surface area (Å²) in [5, 5.41) is 12.0. The van der Waals surface area contributed by atoms with Crippen LogP contribution in [-0.4, -0.2) is 45.8 Å². The van der Waals surface area contributed by atoms with Gasteiger partial charge in [-0.25, -0.2) is 24.9 Å². The second-order valence-corrected chi connectivity index (χ2v) is 16.4. The summed E-state index contributed by atoms with van der Waals surface area (Å²) >= 11 is 78.0. The van der Waals surface area contributed by atoms with Crippen molar-refractivity contribution in [1.82, 2.24) is 29.9 Å². The average molecular weight is 1060 g/mol. The van der Waals surface area contributed by atoms with E-state index in [-0.39, 0.29) is 87.1 Å². The van der Waals surface area contributed by atoms with Crippen molar-refractivity contribution in [3.8, 4) is 0 Å². The van der Waals surface area contributed by atoms with E-state index >= 15 is 0 Å². The Balaban J connectivity index is 0.000000335. The first-order chi connectivity index (χ1) is 24.2. The van der Waals surface area contributed by atoms with E-state index in [1.807, 2.05) is 6.92 Å². The maximum absolute atomic E-state index is 10.3. The van der Waals surface area contributed by atoms with Crippen molar-refractivity contribution in [3.05, 3.63) is 94.1 Å². The van der Waals surface area contributed by atoms with Crippen LogP contribution in [0.15, 0.2) is 24.3 Å². The van der Waals surface area contributed by atoms with Gasteiger partial charge in [-0.15, -0.1) is 22.7 Å². The van der Waals surface area contributed by atoms with E-state index in [4.69, 9.17) is 146 Å². The number of rotatable bonds is 2. The molecule has 0 aliphatic carbocycles. The van der Waals surface area contributed by atoms with Crippen LogP contribution in [0, 0.1) is 14.1 Å². The first-order valence-electron chi connectivity index (χ1n) is 12.6. The Morgan fingerprint density at radius 3 is 1.79 bits per heavy atom. The Morgan fingerprint density at radius 1 is 0.811 bits per heavy atom. The first-order valence-corrected chi connectivity index (χ1v) is 19.6. The van der Waals surface area contributed by atoms with Crippen molar-refractivity contribution in [2.45, 2.75) is 6.92 Å². The summed E-state index contributed by atoms with van der Waals surface area (Å²) in [7, 11) is 0. The van der Waals surface area contributed by atoms with Gasteiger partial charge in [0.25, 0.3) is 0 Å². The number of nitrogens with two attached hydrogens (primary N) is 1. The number of halogens is 11. The molecule has 0 spiro atoms. The van der Waals surface area contributed by atoms with E-state index in [0.29, 0.717) is 46.2 Å². The number of anilines is 1. The summed E-state index contributed by atoms with van der Waals surface area (Å²) in [4.78, 5) is 31.3. The van der Waals surface area contributed by atoms with Gasteiger partial charge in [0, 0.05) is 10.4 Å². The second-order valence-electron chi connectivity index (χ2n) is 8.31. The van der Waals surface area contributed by atoms with Crippen LogP contribution in [0.25, 0.3) is 20.4 Å². The molecule has 0 saturated carbocycles. The molecule has 0 aliphatic rings. The molecule has 0 aliphatic heterocycles. The zero-order valence-corrected chi connectivity index (χ0v) is 41.2. The molecule has 11 nitrogen and oxygen atoms in total. The summed E-state index contributed by atoms with van der Waals surface area (Å²) in [5.41, 5.74) is 6.56. The van der Waals surface area contributed by atoms with Crippen LogP contribution in [0.2, 0.25) is 55.7 Å². The van der Waals surface area contributed by atoms with Crippen molar-refractivity contribution in [3.63, 3.8) is 0 Å². The number of hydrogen-bond donors (Lipinski definition) is 2. The summed E-state index contributed by atoms with van der Waals surface area (Å²) in [6, 6.07) is 6.02. The largest absolute Gasteiger partial charge is 1.00 e. The number of H-pyrrole nitrogens is 1. The number of ether oxygens (including phenoxy) is 1. The Labute approximate surface area is 421 Å². The van der Waals surface area contributed by atoms with Crippen molar-refractivity contribution < 1.29 is 61.0 Å². The number of nitrogen functional groups attached to an aromatic ring is 1. The van der Waals surface area contributed by atoms with Crippen molar-refractivity contribution >= 4 is 224 Å². The zero-order valence-electron chi connectivity index (χ0n) is 25.7. The Bertz CT molecular complexity index is 2240. The number of thiazole rings is 2. The Kier molecular flexibility index (Phi) is 24.7. The molecule has 53 heavy (non-hydrogen) atoms. The minimum Gasteiger partial charge on any atom is -0.514 e. The zero-order chi connectivity index (χ0) is 39.4. The summed E-state index contributed by atoms with van der Waals surface area (Å²) < 4.78 is 7.70. The number of fused-ring (bicyclic) bond motifs is 2. The molecule has 28 heteroatoms. The second kappa shape index (κ2) is 25.3. The van der Waals surface area contributed by atoms with Crippen molar-refractivity contribution in [2.75, 3.05) is 12.3 Å². The summed E-state index contributed by atoms with van der Waals surface area (Å²) in [5.74, 6) is 0. The molecule has 6 aromatic rings. The molecule has 6 aromatic heterocycles. The molecule has 0 aromatic carbocycles. The number of nitro groups is 1. The molecule has 6 heterocycles. The molecular formula is C25H12Cl11KN8O3S5. The van der Waals surface area contributed by atoms with Crippen LogP contribution in [0.1, 0.15) is 6.92 Å². The molecule has 3 N–H and O–H groups in total.